The molecule has 0 aliphatic carbocycles. The van der Waals surface area contributed by atoms with Crippen LogP contribution in [0.5, 0.6) is 5.75 Å². The predicted octanol–water partition coefficient (Wildman–Crippen LogP) is 2.01. The van der Waals surface area contributed by atoms with Crippen LogP contribution >= 0.6 is 0 Å². The molecule has 0 aliphatic rings. The highest BCUT2D eigenvalue weighted by atomic mass is 16.5. The molecule has 0 saturated carbocycles. The van der Waals surface area contributed by atoms with E-state index in [1.54, 1.807) is 6.07 Å². The molecular weight excluding hydrogens is 216 g/mol. The molecule has 4 nitrogen and oxygen atoms in total. The standard InChI is InChI=1S/C13H20N2O2/c1-9(2)10(3)15-11-5-4-6-12(7-11)17-8-13(14)16/h4-7,9-10,15H,8H2,1-3H3,(H2,14,16). The third-order valence-corrected chi connectivity index (χ3v) is 2.61. The first-order valence-corrected chi connectivity index (χ1v) is 5.76. The lowest BCUT2D eigenvalue weighted by atomic mass is 10.1. The van der Waals surface area contributed by atoms with Gasteiger partial charge in [0, 0.05) is 17.8 Å². The average molecular weight is 236 g/mol. The summed E-state index contributed by atoms with van der Waals surface area (Å²) < 4.78 is 5.24. The zero-order valence-electron chi connectivity index (χ0n) is 10.6. The van der Waals surface area contributed by atoms with Crippen molar-refractivity contribution in [2.24, 2.45) is 11.7 Å². The molecule has 94 valence electrons. The van der Waals surface area contributed by atoms with Crippen LogP contribution in [0.4, 0.5) is 5.69 Å². The minimum absolute atomic E-state index is 0.0941. The Labute approximate surface area is 102 Å². The second-order valence-corrected chi connectivity index (χ2v) is 4.46. The maximum Gasteiger partial charge on any atom is 0.255 e. The minimum Gasteiger partial charge on any atom is -0.484 e. The fourth-order valence-corrected chi connectivity index (χ4v) is 1.26. The van der Waals surface area contributed by atoms with Gasteiger partial charge in [0.05, 0.1) is 0 Å². The Morgan fingerprint density at radius 3 is 2.71 bits per heavy atom. The van der Waals surface area contributed by atoms with E-state index in [1.807, 2.05) is 18.2 Å². The summed E-state index contributed by atoms with van der Waals surface area (Å²) in [5.74, 6) is 0.717. The molecule has 1 atom stereocenters. The van der Waals surface area contributed by atoms with Crippen molar-refractivity contribution >= 4 is 11.6 Å². The summed E-state index contributed by atoms with van der Waals surface area (Å²) in [7, 11) is 0. The van der Waals surface area contributed by atoms with Crippen LogP contribution in [0, 0.1) is 5.92 Å². The molecule has 3 N–H and O–H groups in total. The van der Waals surface area contributed by atoms with Crippen LogP contribution in [0.1, 0.15) is 20.8 Å². The highest BCUT2D eigenvalue weighted by Gasteiger charge is 2.07. The number of ether oxygens (including phenoxy) is 1. The van der Waals surface area contributed by atoms with E-state index >= 15 is 0 Å². The Morgan fingerprint density at radius 2 is 2.12 bits per heavy atom. The van der Waals surface area contributed by atoms with Crippen LogP contribution in [0.25, 0.3) is 0 Å². The van der Waals surface area contributed by atoms with Gasteiger partial charge in [-0.1, -0.05) is 19.9 Å². The first kappa shape index (κ1) is 13.4. The quantitative estimate of drug-likeness (QED) is 0.794. The van der Waals surface area contributed by atoms with Crippen molar-refractivity contribution in [2.45, 2.75) is 26.8 Å². The SMILES string of the molecule is CC(C)C(C)Nc1cccc(OCC(N)=O)c1. The van der Waals surface area contributed by atoms with E-state index in [-0.39, 0.29) is 6.61 Å². The van der Waals surface area contributed by atoms with Crippen molar-refractivity contribution in [1.82, 2.24) is 0 Å². The number of nitrogens with one attached hydrogen (secondary N) is 1. The van der Waals surface area contributed by atoms with Gasteiger partial charge in [-0.25, -0.2) is 0 Å². The molecule has 1 unspecified atom stereocenters. The molecule has 1 rings (SSSR count). The van der Waals surface area contributed by atoms with Crippen LogP contribution in [-0.4, -0.2) is 18.6 Å². The number of hydrogen-bond donors (Lipinski definition) is 2. The number of carbonyl (C=O) groups is 1. The van der Waals surface area contributed by atoms with Crippen LogP contribution in [0.2, 0.25) is 0 Å². The monoisotopic (exact) mass is 236 g/mol. The second-order valence-electron chi connectivity index (χ2n) is 4.46. The molecule has 0 aliphatic heterocycles. The van der Waals surface area contributed by atoms with Gasteiger partial charge < -0.3 is 15.8 Å². The van der Waals surface area contributed by atoms with Crippen molar-refractivity contribution in [1.29, 1.82) is 0 Å². The van der Waals surface area contributed by atoms with Gasteiger partial charge in [-0.15, -0.1) is 0 Å². The van der Waals surface area contributed by atoms with Gasteiger partial charge in [0.25, 0.3) is 5.91 Å². The molecule has 0 heterocycles. The average Bonchev–Trinajstić information content (AvgIpc) is 2.26. The number of hydrogen-bond acceptors (Lipinski definition) is 3. The summed E-state index contributed by atoms with van der Waals surface area (Å²) in [6.45, 7) is 6.35. The summed E-state index contributed by atoms with van der Waals surface area (Å²) in [5, 5.41) is 3.37. The summed E-state index contributed by atoms with van der Waals surface area (Å²) in [5.41, 5.74) is 6.00. The van der Waals surface area contributed by atoms with Gasteiger partial charge in [0.1, 0.15) is 5.75 Å². The van der Waals surface area contributed by atoms with Gasteiger partial charge in [-0.3, -0.25) is 4.79 Å². The lowest BCUT2D eigenvalue weighted by Crippen LogP contribution is -2.22. The van der Waals surface area contributed by atoms with Crippen molar-refractivity contribution < 1.29 is 9.53 Å². The normalized spacial score (nSPS) is 12.2. The first-order chi connectivity index (χ1) is 7.99. The fraction of sp³-hybridized carbons (Fsp3) is 0.462. The highest BCUT2D eigenvalue weighted by molar-refractivity contribution is 5.75. The van der Waals surface area contributed by atoms with Gasteiger partial charge in [-0.2, -0.15) is 0 Å². The van der Waals surface area contributed by atoms with Crippen LogP contribution in [0.3, 0.4) is 0 Å². The van der Waals surface area contributed by atoms with Gasteiger partial charge in [0.2, 0.25) is 0 Å². The number of benzene rings is 1. The summed E-state index contributed by atoms with van der Waals surface area (Å²) in [6.07, 6.45) is 0. The number of rotatable bonds is 6. The second kappa shape index (κ2) is 6.13. The maximum atomic E-state index is 10.6. The number of nitrogens with two attached hydrogens (primary N) is 1. The summed E-state index contributed by atoms with van der Waals surface area (Å²) >= 11 is 0. The first-order valence-electron chi connectivity index (χ1n) is 5.76. The Kier molecular flexibility index (Phi) is 4.82. The Bertz CT molecular complexity index is 377. The molecule has 0 fully saturated rings. The molecule has 0 aromatic heterocycles. The van der Waals surface area contributed by atoms with E-state index in [9.17, 15) is 4.79 Å². The van der Waals surface area contributed by atoms with E-state index < -0.39 is 5.91 Å². The largest absolute Gasteiger partial charge is 0.484 e. The predicted molar refractivity (Wildman–Crippen MR) is 69.1 cm³/mol. The third-order valence-electron chi connectivity index (χ3n) is 2.61. The van der Waals surface area contributed by atoms with Crippen LogP contribution in [0.15, 0.2) is 24.3 Å². The fourth-order valence-electron chi connectivity index (χ4n) is 1.26. The highest BCUT2D eigenvalue weighted by Crippen LogP contribution is 2.19. The van der Waals surface area contributed by atoms with Crippen molar-refractivity contribution in [3.05, 3.63) is 24.3 Å². The lowest BCUT2D eigenvalue weighted by molar-refractivity contribution is -0.119. The Morgan fingerprint density at radius 1 is 1.41 bits per heavy atom. The third kappa shape index (κ3) is 4.76. The van der Waals surface area contributed by atoms with Crippen molar-refractivity contribution in [2.75, 3.05) is 11.9 Å². The number of anilines is 1. The molecule has 1 aromatic carbocycles. The van der Waals surface area contributed by atoms with Crippen LogP contribution < -0.4 is 15.8 Å². The summed E-state index contributed by atoms with van der Waals surface area (Å²) in [6, 6.07) is 7.89. The van der Waals surface area contributed by atoms with Crippen molar-refractivity contribution in [3.63, 3.8) is 0 Å². The van der Waals surface area contributed by atoms with Crippen molar-refractivity contribution in [3.8, 4) is 5.75 Å². The zero-order valence-corrected chi connectivity index (χ0v) is 10.6. The molecule has 0 bridgehead atoms. The molecule has 1 aromatic rings. The summed E-state index contributed by atoms with van der Waals surface area (Å²) in [4.78, 5) is 10.6. The number of primary amides is 1. The molecule has 0 radical (unpaired) electrons. The molecular formula is C13H20N2O2. The van der Waals surface area contributed by atoms with Crippen LogP contribution in [-0.2, 0) is 4.79 Å². The van der Waals surface area contributed by atoms with E-state index in [0.29, 0.717) is 17.7 Å². The molecule has 1 amide bonds. The van der Waals surface area contributed by atoms with Gasteiger partial charge in [0.15, 0.2) is 6.61 Å². The zero-order chi connectivity index (χ0) is 12.8. The topological polar surface area (TPSA) is 64.3 Å². The van der Waals surface area contributed by atoms with E-state index in [2.05, 4.69) is 26.1 Å². The minimum atomic E-state index is -0.473. The Balaban J connectivity index is 2.62. The lowest BCUT2D eigenvalue weighted by Gasteiger charge is -2.19. The molecule has 17 heavy (non-hydrogen) atoms. The maximum absolute atomic E-state index is 10.6. The molecule has 4 heteroatoms. The van der Waals surface area contributed by atoms with Gasteiger partial charge >= 0.3 is 0 Å². The number of amides is 1. The van der Waals surface area contributed by atoms with E-state index in [4.69, 9.17) is 10.5 Å². The van der Waals surface area contributed by atoms with E-state index in [1.165, 1.54) is 0 Å². The Hall–Kier alpha value is -1.71. The number of carbonyl (C=O) groups excluding carboxylic acids is 1. The molecule has 0 saturated heterocycles. The molecule has 0 spiro atoms. The van der Waals surface area contributed by atoms with Gasteiger partial charge in [-0.05, 0) is 25.0 Å². The van der Waals surface area contributed by atoms with E-state index in [0.717, 1.165) is 5.69 Å². The smallest absolute Gasteiger partial charge is 0.255 e.